The first kappa shape index (κ1) is 8.96. The van der Waals surface area contributed by atoms with Gasteiger partial charge >= 0.3 is 0 Å². The number of amides is 2. The van der Waals surface area contributed by atoms with Gasteiger partial charge in [0.15, 0.2) is 0 Å². The van der Waals surface area contributed by atoms with E-state index in [1.165, 1.54) is 4.90 Å². The molecule has 1 fully saturated rings. The van der Waals surface area contributed by atoms with Crippen LogP contribution in [0.5, 0.6) is 0 Å². The second-order valence-electron chi connectivity index (χ2n) is 2.72. The van der Waals surface area contributed by atoms with Gasteiger partial charge in [-0.1, -0.05) is 0 Å². The number of nitrogens with two attached hydrogens (primary N) is 1. The van der Waals surface area contributed by atoms with Crippen LogP contribution in [0.1, 0.15) is 6.42 Å². The molecule has 2 amide bonds. The number of alkyl halides is 1. The fraction of sp³-hybridized carbons (Fsp3) is 0.571. The van der Waals surface area contributed by atoms with Gasteiger partial charge in [-0.3, -0.25) is 9.59 Å². The van der Waals surface area contributed by atoms with Gasteiger partial charge in [0, 0.05) is 6.54 Å². The molecule has 0 unspecified atom stereocenters. The van der Waals surface area contributed by atoms with E-state index in [-0.39, 0.29) is 6.54 Å². The van der Waals surface area contributed by atoms with E-state index in [0.29, 0.717) is 13.0 Å². The van der Waals surface area contributed by atoms with E-state index in [1.54, 1.807) is 0 Å². The van der Waals surface area contributed by atoms with E-state index in [2.05, 4.69) is 0 Å². The highest BCUT2D eigenvalue weighted by Gasteiger charge is 2.26. The fourth-order valence-corrected chi connectivity index (χ4v) is 1.13. The van der Waals surface area contributed by atoms with Crippen molar-refractivity contribution in [2.45, 2.75) is 12.6 Å². The molecule has 0 bridgehead atoms. The summed E-state index contributed by atoms with van der Waals surface area (Å²) in [6.45, 7) is 0.437. The van der Waals surface area contributed by atoms with E-state index in [4.69, 9.17) is 5.73 Å². The summed E-state index contributed by atoms with van der Waals surface area (Å²) in [4.78, 5) is 22.6. The Balaban J connectivity index is 2.38. The Labute approximate surface area is 69.5 Å². The molecule has 0 aliphatic carbocycles. The molecule has 0 aromatic carbocycles. The van der Waals surface area contributed by atoms with E-state index in [1.807, 2.05) is 0 Å². The molecule has 4 nitrogen and oxygen atoms in total. The average Bonchev–Trinajstić information content (AvgIpc) is 2.34. The zero-order chi connectivity index (χ0) is 9.14. The third-order valence-corrected chi connectivity index (χ3v) is 1.71. The molecule has 1 heterocycles. The Morgan fingerprint density at radius 3 is 2.67 bits per heavy atom. The Kier molecular flexibility index (Phi) is 2.62. The van der Waals surface area contributed by atoms with Gasteiger partial charge in [0.1, 0.15) is 12.6 Å². The summed E-state index contributed by atoms with van der Waals surface area (Å²) < 4.78 is 12.5. The minimum atomic E-state index is -0.963. The number of nitrogens with zero attached hydrogens (tertiary/aromatic N) is 1. The summed E-state index contributed by atoms with van der Waals surface area (Å²) in [7, 11) is 0. The van der Waals surface area contributed by atoms with Crippen LogP contribution in [0.3, 0.4) is 0 Å². The van der Waals surface area contributed by atoms with Gasteiger partial charge in [0.05, 0.1) is 6.54 Å². The lowest BCUT2D eigenvalue weighted by Gasteiger charge is -2.12. The summed E-state index contributed by atoms with van der Waals surface area (Å²) in [5, 5.41) is 0. The molecule has 12 heavy (non-hydrogen) atoms. The first-order valence-corrected chi connectivity index (χ1v) is 3.67. The molecule has 1 aliphatic rings. The minimum Gasteiger partial charge on any atom is -0.369 e. The van der Waals surface area contributed by atoms with Crippen molar-refractivity contribution in [3.63, 3.8) is 0 Å². The van der Waals surface area contributed by atoms with Crippen molar-refractivity contribution in [3.8, 4) is 0 Å². The molecular formula is C7H10FN2O2. The monoisotopic (exact) mass is 173 g/mol. The summed E-state index contributed by atoms with van der Waals surface area (Å²) in [6, 6.07) is 0. The zero-order valence-electron chi connectivity index (χ0n) is 6.50. The fourth-order valence-electron chi connectivity index (χ4n) is 1.13. The zero-order valence-corrected chi connectivity index (χ0v) is 6.50. The number of carbonyl (C=O) groups excluding carboxylic acids is 2. The molecule has 1 atom stereocenters. The van der Waals surface area contributed by atoms with Crippen LogP contribution >= 0.6 is 0 Å². The van der Waals surface area contributed by atoms with E-state index >= 15 is 0 Å². The van der Waals surface area contributed by atoms with Crippen molar-refractivity contribution >= 4 is 11.8 Å². The first-order chi connectivity index (χ1) is 5.59. The SMILES string of the molecule is NC(=O)[CH]C(=O)N1CC[C@@H](F)C1. The third-order valence-electron chi connectivity index (χ3n) is 1.71. The summed E-state index contributed by atoms with van der Waals surface area (Å²) in [6.07, 6.45) is 0.159. The standard InChI is InChI=1S/C7H10FN2O2/c8-5-1-2-10(4-5)7(12)3-6(9)11/h3,5H,1-2,4H2,(H2,9,11)/t5-/m1/s1. The molecule has 2 N–H and O–H groups in total. The topological polar surface area (TPSA) is 63.4 Å². The van der Waals surface area contributed by atoms with Gasteiger partial charge in [-0.2, -0.15) is 0 Å². The highest BCUT2D eigenvalue weighted by atomic mass is 19.1. The van der Waals surface area contributed by atoms with Crippen LogP contribution in [0.2, 0.25) is 0 Å². The van der Waals surface area contributed by atoms with Crippen molar-refractivity contribution in [2.24, 2.45) is 5.73 Å². The van der Waals surface area contributed by atoms with Crippen molar-refractivity contribution in [2.75, 3.05) is 13.1 Å². The van der Waals surface area contributed by atoms with Gasteiger partial charge in [-0.05, 0) is 6.42 Å². The molecule has 1 rings (SSSR count). The molecule has 5 heteroatoms. The average molecular weight is 173 g/mol. The van der Waals surface area contributed by atoms with Crippen LogP contribution in [0.4, 0.5) is 4.39 Å². The molecule has 1 aliphatic heterocycles. The third kappa shape index (κ3) is 2.18. The van der Waals surface area contributed by atoms with Crippen LogP contribution in [0, 0.1) is 6.42 Å². The number of hydrogen-bond donors (Lipinski definition) is 1. The molecule has 0 saturated carbocycles. The number of hydrogen-bond acceptors (Lipinski definition) is 2. The predicted molar refractivity (Wildman–Crippen MR) is 39.6 cm³/mol. The first-order valence-electron chi connectivity index (χ1n) is 3.67. The maximum absolute atomic E-state index is 12.5. The molecule has 1 radical (unpaired) electrons. The molecule has 0 aromatic heterocycles. The number of rotatable bonds is 2. The van der Waals surface area contributed by atoms with Crippen LogP contribution in [0.25, 0.3) is 0 Å². The lowest BCUT2D eigenvalue weighted by Crippen LogP contribution is -2.33. The number of carbonyl (C=O) groups is 2. The highest BCUT2D eigenvalue weighted by Crippen LogP contribution is 2.12. The van der Waals surface area contributed by atoms with Crippen LogP contribution in [-0.2, 0) is 9.59 Å². The predicted octanol–water partition coefficient (Wildman–Crippen LogP) is -0.754. The second-order valence-corrected chi connectivity index (χ2v) is 2.72. The van der Waals surface area contributed by atoms with E-state index < -0.39 is 18.0 Å². The quantitative estimate of drug-likeness (QED) is 0.558. The Bertz CT molecular complexity index is 208. The molecule has 1 saturated heterocycles. The Hall–Kier alpha value is -1.13. The van der Waals surface area contributed by atoms with Crippen LogP contribution < -0.4 is 5.73 Å². The lowest BCUT2D eigenvalue weighted by atomic mass is 10.3. The molecule has 67 valence electrons. The highest BCUT2D eigenvalue weighted by molar-refractivity contribution is 6.07. The smallest absolute Gasteiger partial charge is 0.236 e. The number of halogens is 1. The van der Waals surface area contributed by atoms with Gasteiger partial charge in [0.2, 0.25) is 11.8 Å². The van der Waals surface area contributed by atoms with Gasteiger partial charge in [0.25, 0.3) is 0 Å². The van der Waals surface area contributed by atoms with Gasteiger partial charge in [-0.15, -0.1) is 0 Å². The number of primary amides is 1. The number of likely N-dealkylation sites (tertiary alicyclic amines) is 1. The van der Waals surface area contributed by atoms with E-state index in [0.717, 1.165) is 6.42 Å². The molecule has 0 spiro atoms. The maximum Gasteiger partial charge on any atom is 0.236 e. The summed E-state index contributed by atoms with van der Waals surface area (Å²) >= 11 is 0. The Morgan fingerprint density at radius 1 is 1.58 bits per heavy atom. The van der Waals surface area contributed by atoms with Gasteiger partial charge in [-0.25, -0.2) is 4.39 Å². The van der Waals surface area contributed by atoms with Crippen molar-refractivity contribution in [1.29, 1.82) is 0 Å². The molecular weight excluding hydrogens is 163 g/mol. The molecule has 0 aromatic rings. The maximum atomic E-state index is 12.5. The van der Waals surface area contributed by atoms with Crippen LogP contribution in [0.15, 0.2) is 0 Å². The normalized spacial score (nSPS) is 22.8. The van der Waals surface area contributed by atoms with Crippen molar-refractivity contribution < 1.29 is 14.0 Å². The van der Waals surface area contributed by atoms with Crippen molar-refractivity contribution in [1.82, 2.24) is 4.90 Å². The Morgan fingerprint density at radius 2 is 2.25 bits per heavy atom. The van der Waals surface area contributed by atoms with E-state index in [9.17, 15) is 14.0 Å². The largest absolute Gasteiger partial charge is 0.369 e. The second kappa shape index (κ2) is 3.51. The van der Waals surface area contributed by atoms with Crippen molar-refractivity contribution in [3.05, 3.63) is 6.42 Å². The summed E-state index contributed by atoms with van der Waals surface area (Å²) in [5.41, 5.74) is 4.76. The summed E-state index contributed by atoms with van der Waals surface area (Å²) in [5.74, 6) is -1.29. The van der Waals surface area contributed by atoms with Crippen LogP contribution in [-0.4, -0.2) is 36.0 Å². The lowest BCUT2D eigenvalue weighted by molar-refractivity contribution is -0.129. The van der Waals surface area contributed by atoms with Gasteiger partial charge < -0.3 is 10.6 Å². The minimum absolute atomic E-state index is 0.0720.